The molecule has 2 aromatic rings. The summed E-state index contributed by atoms with van der Waals surface area (Å²) in [4.78, 5) is 22.3. The normalized spacial score (nSPS) is 11.7. The van der Waals surface area contributed by atoms with Crippen LogP contribution in [0.4, 0.5) is 0 Å². The molecule has 2 aromatic carbocycles. The fourth-order valence-corrected chi connectivity index (χ4v) is 2.52. The summed E-state index contributed by atoms with van der Waals surface area (Å²) in [5.41, 5.74) is 11.5. The molecular weight excluding hydrogens is 378 g/mol. The van der Waals surface area contributed by atoms with Crippen molar-refractivity contribution in [2.45, 2.75) is 13.0 Å². The number of carbonyl (C=O) groups excluding carboxylic acids is 2. The number of amides is 2. The molecule has 0 aliphatic rings. The Morgan fingerprint density at radius 1 is 1.10 bits per heavy atom. The molecule has 0 heterocycles. The third-order valence-corrected chi connectivity index (χ3v) is 4.05. The lowest BCUT2D eigenvalue weighted by Crippen LogP contribution is -2.33. The summed E-state index contributed by atoms with van der Waals surface area (Å²) >= 11 is 0. The van der Waals surface area contributed by atoms with E-state index < -0.39 is 17.9 Å². The highest BCUT2D eigenvalue weighted by atomic mass is 16.5. The molecule has 0 bridgehead atoms. The number of aromatic hydroxyl groups is 1. The number of primary amides is 2. The van der Waals surface area contributed by atoms with Crippen LogP contribution in [0.1, 0.15) is 26.3 Å². The van der Waals surface area contributed by atoms with Gasteiger partial charge in [-0.2, -0.15) is 0 Å². The van der Waals surface area contributed by atoms with Gasteiger partial charge >= 0.3 is 0 Å². The molecule has 0 spiro atoms. The average molecular weight is 403 g/mol. The minimum Gasteiger partial charge on any atom is -0.507 e. The molecule has 9 heteroatoms. The third-order valence-electron chi connectivity index (χ3n) is 4.05. The number of aryl methyl sites for hydroxylation is 1. The number of hydrogen-bond acceptors (Lipinski definition) is 7. The zero-order chi connectivity index (χ0) is 21.4. The van der Waals surface area contributed by atoms with E-state index >= 15 is 0 Å². The fraction of sp³-hybridized carbons (Fsp3) is 0.300. The van der Waals surface area contributed by atoms with Crippen LogP contribution in [0.5, 0.6) is 17.2 Å². The van der Waals surface area contributed by atoms with E-state index in [1.807, 2.05) is 0 Å². The van der Waals surface area contributed by atoms with Crippen molar-refractivity contribution in [1.29, 1.82) is 0 Å². The first kappa shape index (κ1) is 22.0. The van der Waals surface area contributed by atoms with E-state index in [9.17, 15) is 19.8 Å². The quantitative estimate of drug-likeness (QED) is 0.338. The van der Waals surface area contributed by atoms with Crippen molar-refractivity contribution in [1.82, 2.24) is 5.32 Å². The van der Waals surface area contributed by atoms with Crippen LogP contribution in [0.3, 0.4) is 0 Å². The molecule has 9 nitrogen and oxygen atoms in total. The monoisotopic (exact) mass is 403 g/mol. The van der Waals surface area contributed by atoms with E-state index in [1.54, 1.807) is 25.1 Å². The smallest absolute Gasteiger partial charge is 0.252 e. The van der Waals surface area contributed by atoms with Gasteiger partial charge in [-0.1, -0.05) is 0 Å². The van der Waals surface area contributed by atoms with Gasteiger partial charge in [0.1, 0.15) is 36.6 Å². The van der Waals surface area contributed by atoms with Crippen LogP contribution in [0.2, 0.25) is 0 Å². The highest BCUT2D eigenvalue weighted by molar-refractivity contribution is 5.96. The zero-order valence-corrected chi connectivity index (χ0v) is 16.1. The van der Waals surface area contributed by atoms with E-state index in [2.05, 4.69) is 5.32 Å². The number of nitrogens with one attached hydrogen (secondary N) is 1. The Balaban J connectivity index is 1.69. The Bertz CT molecular complexity index is 871. The number of carbonyl (C=O) groups is 2. The third kappa shape index (κ3) is 6.66. The first-order chi connectivity index (χ1) is 13.8. The van der Waals surface area contributed by atoms with Gasteiger partial charge in [-0.05, 0) is 48.9 Å². The van der Waals surface area contributed by atoms with Crippen LogP contribution in [0.25, 0.3) is 0 Å². The Morgan fingerprint density at radius 2 is 1.86 bits per heavy atom. The molecule has 0 fully saturated rings. The van der Waals surface area contributed by atoms with Crippen LogP contribution in [-0.4, -0.2) is 54.4 Å². The maximum atomic E-state index is 11.2. The first-order valence-corrected chi connectivity index (χ1v) is 8.95. The summed E-state index contributed by atoms with van der Waals surface area (Å²) in [6, 6.07) is 9.07. The molecule has 29 heavy (non-hydrogen) atoms. The van der Waals surface area contributed by atoms with E-state index in [4.69, 9.17) is 20.9 Å². The van der Waals surface area contributed by atoms with Crippen molar-refractivity contribution in [2.24, 2.45) is 11.5 Å². The predicted octanol–water partition coefficient (Wildman–Crippen LogP) is 0.307. The Labute approximate surface area is 168 Å². The molecule has 0 aliphatic heterocycles. The number of benzene rings is 2. The summed E-state index contributed by atoms with van der Waals surface area (Å²) in [5.74, 6) is -0.490. The van der Waals surface area contributed by atoms with Crippen LogP contribution in [0, 0.1) is 6.92 Å². The summed E-state index contributed by atoms with van der Waals surface area (Å²) < 4.78 is 11.0. The van der Waals surface area contributed by atoms with E-state index in [-0.39, 0.29) is 31.1 Å². The molecule has 1 unspecified atom stereocenters. The standard InChI is InChI=1S/C20H25N3O6/c1-12-8-13(19(21)26)2-5-18(12)29-11-14(24)10-23-6-7-28-15-3-4-17(25)16(9-15)20(22)27/h2-5,8-9,14,23-25H,6-7,10-11H2,1H3,(H2,21,26)(H2,22,27). The minimum atomic E-state index is -0.750. The molecule has 1 atom stereocenters. The van der Waals surface area contributed by atoms with Gasteiger partial charge in [0.2, 0.25) is 5.91 Å². The van der Waals surface area contributed by atoms with Crippen LogP contribution < -0.4 is 26.3 Å². The number of rotatable bonds is 11. The summed E-state index contributed by atoms with van der Waals surface area (Å²) in [6.07, 6.45) is -0.750. The SMILES string of the molecule is Cc1cc(C(N)=O)ccc1OCC(O)CNCCOc1ccc(O)c(C(N)=O)c1. The van der Waals surface area contributed by atoms with Crippen molar-refractivity contribution >= 4 is 11.8 Å². The van der Waals surface area contributed by atoms with Gasteiger partial charge in [-0.3, -0.25) is 9.59 Å². The maximum Gasteiger partial charge on any atom is 0.252 e. The molecule has 0 aliphatic carbocycles. The Kier molecular flexibility index (Phi) is 7.81. The second-order valence-electron chi connectivity index (χ2n) is 6.41. The van der Waals surface area contributed by atoms with Crippen molar-refractivity contribution in [3.63, 3.8) is 0 Å². The molecule has 2 rings (SSSR count). The first-order valence-electron chi connectivity index (χ1n) is 8.95. The number of aliphatic hydroxyl groups excluding tert-OH is 1. The molecular formula is C20H25N3O6. The van der Waals surface area contributed by atoms with Gasteiger partial charge in [0.05, 0.1) is 5.56 Å². The minimum absolute atomic E-state index is 0.0119. The lowest BCUT2D eigenvalue weighted by molar-refractivity contribution is 0.0990. The van der Waals surface area contributed by atoms with E-state index in [0.29, 0.717) is 23.6 Å². The fourth-order valence-electron chi connectivity index (χ4n) is 2.52. The second-order valence-corrected chi connectivity index (χ2v) is 6.41. The van der Waals surface area contributed by atoms with Gasteiger partial charge < -0.3 is 36.5 Å². The summed E-state index contributed by atoms with van der Waals surface area (Å²) in [6.45, 7) is 2.87. The van der Waals surface area contributed by atoms with Crippen molar-refractivity contribution in [2.75, 3.05) is 26.3 Å². The van der Waals surface area contributed by atoms with Crippen molar-refractivity contribution < 1.29 is 29.3 Å². The summed E-state index contributed by atoms with van der Waals surface area (Å²) in [7, 11) is 0. The second kappa shape index (κ2) is 10.3. The molecule has 156 valence electrons. The van der Waals surface area contributed by atoms with E-state index in [0.717, 1.165) is 5.56 Å². The molecule has 0 aromatic heterocycles. The Hall–Kier alpha value is -3.30. The average Bonchev–Trinajstić information content (AvgIpc) is 2.67. The van der Waals surface area contributed by atoms with Crippen LogP contribution in [0.15, 0.2) is 36.4 Å². The van der Waals surface area contributed by atoms with Crippen molar-refractivity contribution in [3.05, 3.63) is 53.1 Å². The van der Waals surface area contributed by atoms with Gasteiger partial charge in [0, 0.05) is 18.7 Å². The topological polar surface area (TPSA) is 157 Å². The molecule has 7 N–H and O–H groups in total. The number of nitrogens with two attached hydrogens (primary N) is 2. The lowest BCUT2D eigenvalue weighted by Gasteiger charge is -2.15. The number of ether oxygens (including phenoxy) is 2. The molecule has 0 radical (unpaired) electrons. The van der Waals surface area contributed by atoms with Gasteiger partial charge in [0.15, 0.2) is 0 Å². The molecule has 2 amide bonds. The lowest BCUT2D eigenvalue weighted by atomic mass is 10.1. The van der Waals surface area contributed by atoms with Crippen LogP contribution >= 0.6 is 0 Å². The predicted molar refractivity (Wildman–Crippen MR) is 106 cm³/mol. The van der Waals surface area contributed by atoms with Gasteiger partial charge in [-0.15, -0.1) is 0 Å². The van der Waals surface area contributed by atoms with Crippen molar-refractivity contribution in [3.8, 4) is 17.2 Å². The molecule has 0 saturated heterocycles. The summed E-state index contributed by atoms with van der Waals surface area (Å²) in [5, 5.41) is 22.6. The van der Waals surface area contributed by atoms with Crippen LogP contribution in [-0.2, 0) is 0 Å². The number of aliphatic hydroxyl groups is 1. The highest BCUT2D eigenvalue weighted by Crippen LogP contribution is 2.22. The van der Waals surface area contributed by atoms with Gasteiger partial charge in [-0.25, -0.2) is 0 Å². The maximum absolute atomic E-state index is 11.2. The Morgan fingerprint density at radius 3 is 2.52 bits per heavy atom. The zero-order valence-electron chi connectivity index (χ0n) is 16.1. The highest BCUT2D eigenvalue weighted by Gasteiger charge is 2.10. The number of phenols is 1. The largest absolute Gasteiger partial charge is 0.507 e. The van der Waals surface area contributed by atoms with Gasteiger partial charge in [0.25, 0.3) is 5.91 Å². The van der Waals surface area contributed by atoms with E-state index in [1.165, 1.54) is 18.2 Å². The number of hydrogen-bond donors (Lipinski definition) is 5. The molecule has 0 saturated carbocycles.